The molecule has 2 aromatic carbocycles. The summed E-state index contributed by atoms with van der Waals surface area (Å²) in [6, 6.07) is 14.7. The first-order valence-corrected chi connectivity index (χ1v) is 15.6. The second kappa shape index (κ2) is 13.1. The predicted octanol–water partition coefficient (Wildman–Crippen LogP) is 1.47. The summed E-state index contributed by atoms with van der Waals surface area (Å²) in [5.74, 6) is -0.294. The summed E-state index contributed by atoms with van der Waals surface area (Å²) in [7, 11) is -2.90. The van der Waals surface area contributed by atoms with Crippen LogP contribution in [0.1, 0.15) is 28.5 Å². The maximum atomic E-state index is 13.8. The number of rotatable bonds is 8. The lowest BCUT2D eigenvalue weighted by molar-refractivity contribution is -0.135. The van der Waals surface area contributed by atoms with E-state index < -0.39 is 31.5 Å². The zero-order valence-corrected chi connectivity index (χ0v) is 24.8. The van der Waals surface area contributed by atoms with Crippen molar-refractivity contribution in [2.45, 2.75) is 18.6 Å². The molecule has 1 unspecified atom stereocenters. The minimum absolute atomic E-state index is 0.0159. The Balaban J connectivity index is 1.47. The number of benzene rings is 2. The van der Waals surface area contributed by atoms with Crippen molar-refractivity contribution in [3.63, 3.8) is 0 Å². The predicted molar refractivity (Wildman–Crippen MR) is 160 cm³/mol. The van der Waals surface area contributed by atoms with Crippen molar-refractivity contribution in [3.8, 4) is 11.4 Å². The maximum Gasteiger partial charge on any atom is 0.407 e. The van der Waals surface area contributed by atoms with Crippen LogP contribution in [0.2, 0.25) is 0 Å². The molecule has 3 aromatic rings. The zero-order chi connectivity index (χ0) is 31.4. The lowest BCUT2D eigenvalue weighted by Gasteiger charge is -2.35. The highest BCUT2D eigenvalue weighted by atomic mass is 31.2. The van der Waals surface area contributed by atoms with Gasteiger partial charge in [0.1, 0.15) is 17.6 Å². The Morgan fingerprint density at radius 2 is 1.61 bits per heavy atom. The molecule has 0 spiro atoms. The molecule has 0 bridgehead atoms. The molecule has 44 heavy (non-hydrogen) atoms. The number of methoxy groups -OCH3 is 1. The molecule has 2 aliphatic rings. The second-order valence-electron chi connectivity index (χ2n) is 10.5. The third kappa shape index (κ3) is 7.05. The lowest BCUT2D eigenvalue weighted by atomic mass is 10.0. The molecule has 14 nitrogen and oxygen atoms in total. The third-order valence-corrected chi connectivity index (χ3v) is 8.70. The number of hydrogen-bond donors (Lipinski definition) is 4. The molecule has 0 radical (unpaired) electrons. The molecule has 3 heterocycles. The summed E-state index contributed by atoms with van der Waals surface area (Å²) in [5, 5.41) is 11.8. The summed E-state index contributed by atoms with van der Waals surface area (Å²) >= 11 is 0. The van der Waals surface area contributed by atoms with Gasteiger partial charge < -0.3 is 39.6 Å². The third-order valence-electron chi connectivity index (χ3n) is 7.73. The molecule has 0 aliphatic carbocycles. The molecule has 1 aromatic heterocycles. The minimum Gasteiger partial charge on any atom is -0.465 e. The first kappa shape index (κ1) is 31.1. The molecular weight excluding hydrogens is 591 g/mol. The number of carboxylic acid groups (broad SMARTS) is 1. The smallest absolute Gasteiger partial charge is 0.407 e. The molecule has 232 valence electrons. The molecule has 2 saturated heterocycles. The molecule has 2 fully saturated rings. The fourth-order valence-corrected chi connectivity index (χ4v) is 5.75. The number of hydrogen-bond acceptors (Lipinski definition) is 8. The van der Waals surface area contributed by atoms with Crippen LogP contribution >= 0.6 is 7.60 Å². The number of anilines is 1. The number of carbonyl (C=O) groups is 3. The summed E-state index contributed by atoms with van der Waals surface area (Å²) in [5.41, 5.74) is 1.01. The first-order chi connectivity index (χ1) is 21.0. The molecule has 4 N–H and O–H groups in total. The van der Waals surface area contributed by atoms with Crippen LogP contribution in [0.25, 0.3) is 11.4 Å². The fraction of sp³-hybridized carbons (Fsp3) is 0.345. The van der Waals surface area contributed by atoms with E-state index in [1.54, 1.807) is 13.2 Å². The molecule has 15 heteroatoms. The van der Waals surface area contributed by atoms with Gasteiger partial charge in [0.25, 0.3) is 5.91 Å². The highest BCUT2D eigenvalue weighted by molar-refractivity contribution is 7.60. The van der Waals surface area contributed by atoms with E-state index in [0.29, 0.717) is 35.9 Å². The number of ether oxygens (including phenoxy) is 1. The van der Waals surface area contributed by atoms with Crippen molar-refractivity contribution in [1.29, 1.82) is 0 Å². The van der Waals surface area contributed by atoms with Crippen LogP contribution in [0.5, 0.6) is 0 Å². The largest absolute Gasteiger partial charge is 0.465 e. The summed E-state index contributed by atoms with van der Waals surface area (Å²) in [6.07, 6.45) is -0.278. The van der Waals surface area contributed by atoms with Gasteiger partial charge >= 0.3 is 13.7 Å². The number of piperazine rings is 1. The number of amides is 3. The SMILES string of the molecule is CO[C@H]1CCN(c2cc(C(=O)NC(C(=O)N3CCN(C(=O)O)CC3)c3ccc(P(=O)(O)O)cc3)nc(-c3ccccc3)n2)C1. The van der Waals surface area contributed by atoms with Crippen molar-refractivity contribution < 1.29 is 38.6 Å². The Kier molecular flexibility index (Phi) is 9.25. The van der Waals surface area contributed by atoms with E-state index in [0.717, 1.165) is 6.42 Å². The van der Waals surface area contributed by atoms with Gasteiger partial charge in [-0.15, -0.1) is 0 Å². The average Bonchev–Trinajstić information content (AvgIpc) is 3.53. The van der Waals surface area contributed by atoms with E-state index in [1.165, 1.54) is 34.1 Å². The number of nitrogens with zero attached hydrogens (tertiary/aromatic N) is 5. The van der Waals surface area contributed by atoms with Crippen molar-refractivity contribution in [2.75, 3.05) is 51.3 Å². The van der Waals surface area contributed by atoms with Gasteiger partial charge in [0.2, 0.25) is 5.91 Å². The van der Waals surface area contributed by atoms with Crippen LogP contribution in [-0.4, -0.2) is 105 Å². The van der Waals surface area contributed by atoms with Gasteiger partial charge in [0.15, 0.2) is 5.82 Å². The van der Waals surface area contributed by atoms with Crippen molar-refractivity contribution in [3.05, 3.63) is 71.9 Å². The monoisotopic (exact) mass is 624 g/mol. The lowest BCUT2D eigenvalue weighted by Crippen LogP contribution is -2.53. The maximum absolute atomic E-state index is 13.8. The molecule has 2 aliphatic heterocycles. The second-order valence-corrected chi connectivity index (χ2v) is 12.1. The fourth-order valence-electron chi connectivity index (χ4n) is 5.21. The highest BCUT2D eigenvalue weighted by Gasteiger charge is 2.33. The molecule has 0 saturated carbocycles. The van der Waals surface area contributed by atoms with Crippen LogP contribution in [0.15, 0.2) is 60.7 Å². The Morgan fingerprint density at radius 1 is 0.955 bits per heavy atom. The Labute approximate surface area is 253 Å². The van der Waals surface area contributed by atoms with Gasteiger partial charge in [0, 0.05) is 58.0 Å². The highest BCUT2D eigenvalue weighted by Crippen LogP contribution is 2.33. The van der Waals surface area contributed by atoms with Gasteiger partial charge in [-0.05, 0) is 24.1 Å². The van der Waals surface area contributed by atoms with Crippen molar-refractivity contribution in [1.82, 2.24) is 25.1 Å². The van der Waals surface area contributed by atoms with Gasteiger partial charge in [-0.1, -0.05) is 42.5 Å². The van der Waals surface area contributed by atoms with E-state index >= 15 is 0 Å². The number of aromatic nitrogens is 2. The Hall–Kier alpha value is -4.36. The van der Waals surface area contributed by atoms with Crippen molar-refractivity contribution in [2.24, 2.45) is 0 Å². The van der Waals surface area contributed by atoms with E-state index in [9.17, 15) is 33.8 Å². The summed E-state index contributed by atoms with van der Waals surface area (Å²) in [4.78, 5) is 72.0. The molecule has 2 atom stereocenters. The van der Waals surface area contributed by atoms with Crippen LogP contribution < -0.4 is 15.5 Å². The van der Waals surface area contributed by atoms with E-state index in [-0.39, 0.29) is 43.3 Å². The number of nitrogens with one attached hydrogen (secondary N) is 1. The zero-order valence-electron chi connectivity index (χ0n) is 23.9. The molecular formula is C29H33N6O8P. The summed E-state index contributed by atoms with van der Waals surface area (Å²) < 4.78 is 17.2. The van der Waals surface area contributed by atoms with Crippen LogP contribution in [-0.2, 0) is 14.1 Å². The Bertz CT molecular complexity index is 1560. The van der Waals surface area contributed by atoms with E-state index in [1.807, 2.05) is 35.2 Å². The average molecular weight is 625 g/mol. The normalized spacial score (nSPS) is 17.8. The van der Waals surface area contributed by atoms with Crippen LogP contribution in [0.4, 0.5) is 10.6 Å². The molecule has 3 amide bonds. The van der Waals surface area contributed by atoms with E-state index in [4.69, 9.17) is 9.72 Å². The first-order valence-electron chi connectivity index (χ1n) is 14.0. The number of carbonyl (C=O) groups excluding carboxylic acids is 2. The van der Waals surface area contributed by atoms with Gasteiger partial charge in [-0.25, -0.2) is 14.8 Å². The minimum atomic E-state index is -4.54. The quantitative estimate of drug-likeness (QED) is 0.266. The van der Waals surface area contributed by atoms with Gasteiger partial charge in [0.05, 0.1) is 11.4 Å². The van der Waals surface area contributed by atoms with Crippen LogP contribution in [0, 0.1) is 0 Å². The standard InChI is InChI=1S/C29H33N6O8P/c1-43-21-11-12-35(18-21)24-17-23(30-26(31-24)20-5-3-2-4-6-20)27(36)32-25(19-7-9-22(10-8-19)44(40,41)42)28(37)33-13-15-34(16-14-33)29(38)39/h2-10,17,21,25H,11-16,18H2,1H3,(H,32,36)(H,38,39)(H2,40,41,42)/t21-,25?/m0/s1. The van der Waals surface area contributed by atoms with Gasteiger partial charge in [-0.2, -0.15) is 0 Å². The summed E-state index contributed by atoms with van der Waals surface area (Å²) in [6.45, 7) is 1.69. The van der Waals surface area contributed by atoms with Crippen LogP contribution in [0.3, 0.4) is 0 Å². The Morgan fingerprint density at radius 3 is 2.20 bits per heavy atom. The van der Waals surface area contributed by atoms with Gasteiger partial charge in [-0.3, -0.25) is 14.2 Å². The van der Waals surface area contributed by atoms with E-state index in [2.05, 4.69) is 10.3 Å². The van der Waals surface area contributed by atoms with Crippen molar-refractivity contribution >= 4 is 36.6 Å². The topological polar surface area (TPSA) is 186 Å². The molecule has 5 rings (SSSR count).